The average molecular weight is 1100 g/mol. The quantitative estimate of drug-likeness (QED) is 0.158. The van der Waals surface area contributed by atoms with Crippen molar-refractivity contribution in [3.05, 3.63) is 34.7 Å². The van der Waals surface area contributed by atoms with Crippen molar-refractivity contribution in [3.8, 4) is 0 Å². The fraction of sp³-hybridized carbons (Fsp3) is 0.764. The summed E-state index contributed by atoms with van der Waals surface area (Å²) in [6.45, 7) is 12.5. The molecule has 78 heavy (non-hydrogen) atoms. The number of carbonyl (C=O) groups excluding carboxylic acids is 7. The van der Waals surface area contributed by atoms with Crippen LogP contribution in [0.2, 0.25) is 0 Å². The van der Waals surface area contributed by atoms with E-state index < -0.39 is 116 Å². The summed E-state index contributed by atoms with van der Waals surface area (Å²) < 4.78 is 67.5. The molecule has 9 aliphatic rings. The molecule has 5 heterocycles. The molecule has 0 bridgehead atoms. The molecule has 20 atom stereocenters. The van der Waals surface area contributed by atoms with Crippen LogP contribution in [-0.4, -0.2) is 166 Å². The van der Waals surface area contributed by atoms with E-state index in [4.69, 9.17) is 52.1 Å². The highest BCUT2D eigenvalue weighted by Gasteiger charge is 2.69. The number of allylic oxidation sites excluding steroid dienone is 2. The van der Waals surface area contributed by atoms with Crippen molar-refractivity contribution < 1.29 is 90.8 Å². The number of rotatable bonds is 14. The molecular weight excluding hydrogens is 1020 g/mol. The number of aliphatic hydroxyl groups is 1. The first-order valence-corrected chi connectivity index (χ1v) is 27.5. The van der Waals surface area contributed by atoms with Crippen molar-refractivity contribution in [1.82, 2.24) is 19.9 Å². The Bertz CT molecular complexity index is 2600. The Kier molecular flexibility index (Phi) is 15.8. The smallest absolute Gasteiger partial charge is 0.303 e. The molecule has 1 spiro atoms. The van der Waals surface area contributed by atoms with Gasteiger partial charge >= 0.3 is 41.8 Å². The second-order valence-corrected chi connectivity index (χ2v) is 23.4. The molecular formula is C55H74N4O19. The number of ether oxygens (including phenoxy) is 11. The van der Waals surface area contributed by atoms with Crippen LogP contribution in [0.15, 0.2) is 29.0 Å². The molecule has 3 saturated carbocycles. The van der Waals surface area contributed by atoms with Crippen LogP contribution >= 0.6 is 0 Å². The first kappa shape index (κ1) is 56.0. The zero-order valence-corrected chi connectivity index (χ0v) is 45.8. The van der Waals surface area contributed by atoms with Crippen LogP contribution in [0.4, 0.5) is 0 Å². The maximum absolute atomic E-state index is 13.1. The molecule has 1 N–H and O–H groups in total. The van der Waals surface area contributed by atoms with Crippen LogP contribution in [0.3, 0.4) is 0 Å². The van der Waals surface area contributed by atoms with Gasteiger partial charge in [0, 0.05) is 73.5 Å². The fourth-order valence-electron chi connectivity index (χ4n) is 15.3. The molecule has 1 aromatic heterocycles. The Balaban J connectivity index is 0.924. The molecule has 0 aromatic carbocycles. The lowest BCUT2D eigenvalue weighted by Crippen LogP contribution is -2.66. The lowest BCUT2D eigenvalue weighted by Gasteiger charge is -2.54. The van der Waals surface area contributed by atoms with Crippen molar-refractivity contribution in [3.63, 3.8) is 0 Å². The van der Waals surface area contributed by atoms with Gasteiger partial charge in [0.1, 0.15) is 31.5 Å². The van der Waals surface area contributed by atoms with E-state index in [1.807, 2.05) is 0 Å². The molecule has 23 nitrogen and oxygen atoms in total. The maximum Gasteiger partial charge on any atom is 0.303 e. The third-order valence-electron chi connectivity index (χ3n) is 18.2. The molecule has 5 aliphatic carbocycles. The van der Waals surface area contributed by atoms with E-state index in [-0.39, 0.29) is 29.3 Å². The Hall–Kier alpha value is -5.33. The summed E-state index contributed by atoms with van der Waals surface area (Å²) >= 11 is 0. The number of aromatic nitrogens is 3. The van der Waals surface area contributed by atoms with Gasteiger partial charge < -0.3 is 57.2 Å². The summed E-state index contributed by atoms with van der Waals surface area (Å²) in [4.78, 5) is 91.0. The van der Waals surface area contributed by atoms with Crippen molar-refractivity contribution >= 4 is 41.8 Å². The van der Waals surface area contributed by atoms with Gasteiger partial charge in [0.05, 0.1) is 29.7 Å². The summed E-state index contributed by atoms with van der Waals surface area (Å²) in [6, 6.07) is 0.136. The highest BCUT2D eigenvalue weighted by Crippen LogP contribution is 2.70. The van der Waals surface area contributed by atoms with Gasteiger partial charge in [-0.3, -0.25) is 38.5 Å². The number of hydrogen-bond donors (Lipinski definition) is 1. The molecule has 7 fully saturated rings. The van der Waals surface area contributed by atoms with E-state index in [2.05, 4.69) is 35.1 Å². The van der Waals surface area contributed by atoms with Crippen LogP contribution in [0.1, 0.15) is 132 Å². The number of likely N-dealkylation sites (tertiary alicyclic amines) is 1. The first-order valence-electron chi connectivity index (χ1n) is 27.5. The third kappa shape index (κ3) is 10.6. The van der Waals surface area contributed by atoms with E-state index >= 15 is 0 Å². The predicted octanol–water partition coefficient (Wildman–Crippen LogP) is 3.66. The van der Waals surface area contributed by atoms with Crippen molar-refractivity contribution in [1.29, 1.82) is 0 Å². The lowest BCUT2D eigenvalue weighted by atomic mass is 9.54. The van der Waals surface area contributed by atoms with E-state index in [0.717, 1.165) is 113 Å². The van der Waals surface area contributed by atoms with Crippen LogP contribution in [0.25, 0.3) is 0 Å². The second-order valence-electron chi connectivity index (χ2n) is 23.4. The summed E-state index contributed by atoms with van der Waals surface area (Å²) in [6.07, 6.45) is -2.78. The van der Waals surface area contributed by atoms with Crippen LogP contribution < -0.4 is 0 Å². The highest BCUT2D eigenvalue weighted by atomic mass is 16.8. The fourth-order valence-corrected chi connectivity index (χ4v) is 15.3. The van der Waals surface area contributed by atoms with Gasteiger partial charge in [0.25, 0.3) is 0 Å². The molecule has 0 amide bonds. The maximum atomic E-state index is 13.1. The average Bonchev–Trinajstić information content (AvgIpc) is 4.22. The number of nitrogens with zero attached hydrogens (tertiary/aromatic N) is 4. The Morgan fingerprint density at radius 1 is 0.718 bits per heavy atom. The molecule has 23 heteroatoms. The molecule has 4 saturated heterocycles. The molecule has 7 unspecified atom stereocenters. The van der Waals surface area contributed by atoms with Crippen LogP contribution in [-0.2, 0) is 92.2 Å². The summed E-state index contributed by atoms with van der Waals surface area (Å²) in [5.41, 5.74) is 5.07. The van der Waals surface area contributed by atoms with Crippen LogP contribution in [0, 0.1) is 35.0 Å². The number of piperidine rings is 1. The van der Waals surface area contributed by atoms with E-state index in [1.165, 1.54) is 10.3 Å². The molecule has 0 radical (unpaired) electrons. The van der Waals surface area contributed by atoms with E-state index in [0.29, 0.717) is 41.8 Å². The minimum Gasteiger partial charge on any atom is -0.463 e. The molecule has 10 rings (SSSR count). The number of aliphatic hydroxyl groups excluding tert-OH is 1. The van der Waals surface area contributed by atoms with Gasteiger partial charge in [-0.2, -0.15) is 0 Å². The molecule has 1 aromatic rings. The van der Waals surface area contributed by atoms with Gasteiger partial charge in [0.15, 0.2) is 43.0 Å². The Labute approximate surface area is 452 Å². The summed E-state index contributed by atoms with van der Waals surface area (Å²) in [5, 5.41) is 19.7. The number of esters is 7. The summed E-state index contributed by atoms with van der Waals surface area (Å²) in [7, 11) is 0. The molecule has 428 valence electrons. The Morgan fingerprint density at radius 2 is 1.33 bits per heavy atom. The summed E-state index contributed by atoms with van der Waals surface area (Å²) in [5.74, 6) is -3.36. The van der Waals surface area contributed by atoms with Gasteiger partial charge in [-0.15, -0.1) is 5.10 Å². The minimum absolute atomic E-state index is 0.0265. The zero-order valence-electron chi connectivity index (χ0n) is 45.8. The largest absolute Gasteiger partial charge is 0.463 e. The van der Waals surface area contributed by atoms with Crippen molar-refractivity contribution in [2.75, 3.05) is 19.8 Å². The Morgan fingerprint density at radius 3 is 1.99 bits per heavy atom. The van der Waals surface area contributed by atoms with Crippen molar-refractivity contribution in [2.45, 2.75) is 212 Å². The van der Waals surface area contributed by atoms with Crippen LogP contribution in [0.5, 0.6) is 0 Å². The van der Waals surface area contributed by atoms with Crippen molar-refractivity contribution in [2.24, 2.45) is 35.0 Å². The monoisotopic (exact) mass is 1090 g/mol. The zero-order chi connectivity index (χ0) is 55.7. The minimum atomic E-state index is -1.82. The number of hydrogen-bond acceptors (Lipinski definition) is 22. The number of fused-ring (bicyclic) bond motifs is 7. The SMILES string of the molecule is CC(=O)OCC1O[C@@H](n2cc(CN3C[C@@H](C)C[C@H]4O[C@@]56CC[C@@H]7C(=C5C[C@@H]6[C@@H]43)CC3[C@H]7CC=C4C[C@@H](O)CC[C@@]43C)nn2)C(OC(C)=O)C(OC(C)=O)[C@@H]1O[C@@H]1OC(COC(C)=O)[C@H](OC(C)=O)C(OC(C)=O)C1OC(C)=O. The highest BCUT2D eigenvalue weighted by molar-refractivity contribution is 5.69. The lowest BCUT2D eigenvalue weighted by molar-refractivity contribution is -0.349. The standard InChI is InChI=1S/C55H74N4O19/c1-25-16-42-45(41-19-40-38-18-39-37(36(38)13-15-55(40,41)78-42)11-10-33-17-35(67)12-14-54(33,39)9)58(20-25)21-34-22-59(57-56-34)52-50(73-31(7)65)48(71-29(5)63)47(43(75-52)23-68-26(2)60)77-53-51(74-32(8)66)49(72-30(6)64)46(70-28(4)62)44(76-53)24-69-27(3)61/h10,22,25,35-37,39,41-53,67H,11-21,23-24H2,1-9H3/t25-,35-,36-,37-,39?,41+,42+,43?,44?,45-,46-,47+,48?,49?,50?,51?,52+,53-,54-,55-/m0/s1. The molecule has 4 aliphatic heterocycles. The van der Waals surface area contributed by atoms with Gasteiger partial charge in [-0.25, -0.2) is 4.68 Å². The first-order chi connectivity index (χ1) is 37.0. The van der Waals surface area contributed by atoms with Gasteiger partial charge in [-0.1, -0.05) is 36.3 Å². The van der Waals surface area contributed by atoms with Gasteiger partial charge in [-0.05, 0) is 92.4 Å². The second kappa shape index (κ2) is 22.0. The third-order valence-corrected chi connectivity index (χ3v) is 18.2. The predicted molar refractivity (Wildman–Crippen MR) is 264 cm³/mol. The van der Waals surface area contributed by atoms with E-state index in [9.17, 15) is 38.7 Å². The van der Waals surface area contributed by atoms with E-state index in [1.54, 1.807) is 17.3 Å². The normalized spacial score (nSPS) is 40.4. The number of carbonyl (C=O) groups is 7. The topological polar surface area (TPSA) is 275 Å². The van der Waals surface area contributed by atoms with Gasteiger partial charge in [0.2, 0.25) is 0 Å².